The molecule has 1 unspecified atom stereocenters. The van der Waals surface area contributed by atoms with E-state index in [0.29, 0.717) is 37.6 Å². The highest BCUT2D eigenvalue weighted by molar-refractivity contribution is 5.81. The number of hydrogen-bond donors (Lipinski definition) is 3. The van der Waals surface area contributed by atoms with E-state index in [2.05, 4.69) is 20.9 Å². The van der Waals surface area contributed by atoms with Crippen LogP contribution in [0, 0.1) is 12.7 Å². The molecule has 0 aromatic heterocycles. The van der Waals surface area contributed by atoms with Crippen molar-refractivity contribution in [2.24, 2.45) is 4.99 Å². The van der Waals surface area contributed by atoms with Crippen molar-refractivity contribution in [3.05, 3.63) is 35.1 Å². The molecule has 0 saturated carbocycles. The zero-order chi connectivity index (χ0) is 17.9. The maximum Gasteiger partial charge on any atom is 0.221 e. The monoisotopic (exact) mass is 336 g/mol. The van der Waals surface area contributed by atoms with Gasteiger partial charge in [-0.15, -0.1) is 0 Å². The highest BCUT2D eigenvalue weighted by Crippen LogP contribution is 2.09. The van der Waals surface area contributed by atoms with E-state index in [4.69, 9.17) is 0 Å². The van der Waals surface area contributed by atoms with Crippen LogP contribution in [0.2, 0.25) is 0 Å². The highest BCUT2D eigenvalue weighted by atomic mass is 19.1. The first-order chi connectivity index (χ1) is 11.5. The predicted octanol–water partition coefficient (Wildman–Crippen LogP) is 2.49. The molecule has 1 atom stereocenters. The molecule has 6 heteroatoms. The molecule has 0 saturated heterocycles. The number of nitrogens with zero attached hydrogens (tertiary/aromatic N) is 1. The fraction of sp³-hybridized carbons (Fsp3) is 0.556. The first kappa shape index (κ1) is 19.9. The molecule has 0 aliphatic heterocycles. The number of aryl methyl sites for hydroxylation is 1. The lowest BCUT2D eigenvalue weighted by Crippen LogP contribution is -2.40. The molecule has 0 aliphatic carbocycles. The summed E-state index contributed by atoms with van der Waals surface area (Å²) in [4.78, 5) is 16.2. The summed E-state index contributed by atoms with van der Waals surface area (Å²) in [7, 11) is 0. The van der Waals surface area contributed by atoms with Gasteiger partial charge in [0.25, 0.3) is 0 Å². The van der Waals surface area contributed by atoms with E-state index in [1.165, 1.54) is 6.07 Å². The van der Waals surface area contributed by atoms with E-state index in [1.54, 1.807) is 13.0 Å². The lowest BCUT2D eigenvalue weighted by molar-refractivity contribution is -0.121. The van der Waals surface area contributed by atoms with Crippen LogP contribution in [-0.4, -0.2) is 31.0 Å². The van der Waals surface area contributed by atoms with Crippen molar-refractivity contribution in [1.29, 1.82) is 0 Å². The zero-order valence-corrected chi connectivity index (χ0v) is 15.1. The SMILES string of the molecule is CCNC(=NCc1ccc(C)c(F)c1)NCCC(=O)NC(C)CC. The Hall–Kier alpha value is -2.11. The van der Waals surface area contributed by atoms with Gasteiger partial charge in [0.1, 0.15) is 5.82 Å². The normalized spacial score (nSPS) is 12.6. The highest BCUT2D eigenvalue weighted by Gasteiger charge is 2.06. The first-order valence-electron chi connectivity index (χ1n) is 8.52. The average molecular weight is 336 g/mol. The van der Waals surface area contributed by atoms with Gasteiger partial charge in [0.15, 0.2) is 5.96 Å². The molecule has 134 valence electrons. The van der Waals surface area contributed by atoms with E-state index in [0.717, 1.165) is 12.0 Å². The van der Waals surface area contributed by atoms with Crippen molar-refractivity contribution in [3.8, 4) is 0 Å². The maximum absolute atomic E-state index is 13.6. The molecular weight excluding hydrogens is 307 g/mol. The van der Waals surface area contributed by atoms with Gasteiger partial charge in [-0.3, -0.25) is 4.79 Å². The number of hydrogen-bond acceptors (Lipinski definition) is 2. The lowest BCUT2D eigenvalue weighted by atomic mass is 10.1. The summed E-state index contributed by atoms with van der Waals surface area (Å²) in [6, 6.07) is 5.31. The predicted molar refractivity (Wildman–Crippen MR) is 96.5 cm³/mol. The van der Waals surface area contributed by atoms with Gasteiger partial charge in [-0.05, 0) is 44.4 Å². The molecule has 1 aromatic rings. The molecule has 1 amide bonds. The Morgan fingerprint density at radius 1 is 1.29 bits per heavy atom. The van der Waals surface area contributed by atoms with Crippen LogP contribution in [0.5, 0.6) is 0 Å². The number of halogens is 1. The van der Waals surface area contributed by atoms with Crippen LogP contribution < -0.4 is 16.0 Å². The Balaban J connectivity index is 2.50. The molecule has 1 aromatic carbocycles. The number of nitrogens with one attached hydrogen (secondary N) is 3. The average Bonchev–Trinajstić information content (AvgIpc) is 2.55. The number of carbonyl (C=O) groups excluding carboxylic acids is 1. The van der Waals surface area contributed by atoms with E-state index < -0.39 is 0 Å². The van der Waals surface area contributed by atoms with Gasteiger partial charge in [0.2, 0.25) is 5.91 Å². The molecule has 24 heavy (non-hydrogen) atoms. The summed E-state index contributed by atoms with van der Waals surface area (Å²) in [5.41, 5.74) is 1.44. The fourth-order valence-electron chi connectivity index (χ4n) is 1.99. The standard InChI is InChI=1S/C18H29FN4O/c1-5-14(4)23-17(24)9-10-21-18(20-6-2)22-12-15-8-7-13(3)16(19)11-15/h7-8,11,14H,5-6,9-10,12H2,1-4H3,(H,23,24)(H2,20,21,22). The Labute approximate surface area is 144 Å². The third-order valence-electron chi connectivity index (χ3n) is 3.66. The van der Waals surface area contributed by atoms with E-state index in [9.17, 15) is 9.18 Å². The van der Waals surface area contributed by atoms with E-state index in [-0.39, 0.29) is 17.8 Å². The number of guanidine groups is 1. The second kappa shape index (κ2) is 10.6. The molecule has 0 radical (unpaired) electrons. The van der Waals surface area contributed by atoms with E-state index >= 15 is 0 Å². The molecule has 0 fully saturated rings. The summed E-state index contributed by atoms with van der Waals surface area (Å²) in [6.07, 6.45) is 1.30. The minimum Gasteiger partial charge on any atom is -0.357 e. The van der Waals surface area contributed by atoms with Gasteiger partial charge in [0.05, 0.1) is 6.54 Å². The van der Waals surface area contributed by atoms with Crippen LogP contribution in [0.1, 0.15) is 44.7 Å². The second-order valence-electron chi connectivity index (χ2n) is 5.83. The quantitative estimate of drug-likeness (QED) is 0.505. The minimum atomic E-state index is -0.220. The van der Waals surface area contributed by atoms with Crippen molar-refractivity contribution in [3.63, 3.8) is 0 Å². The Morgan fingerprint density at radius 2 is 2.04 bits per heavy atom. The number of amides is 1. The van der Waals surface area contributed by atoms with Gasteiger partial charge >= 0.3 is 0 Å². The molecule has 1 rings (SSSR count). The largest absolute Gasteiger partial charge is 0.357 e. The maximum atomic E-state index is 13.6. The first-order valence-corrected chi connectivity index (χ1v) is 8.52. The van der Waals surface area contributed by atoms with Crippen LogP contribution in [0.25, 0.3) is 0 Å². The molecular formula is C18H29FN4O. The third kappa shape index (κ3) is 7.44. The zero-order valence-electron chi connectivity index (χ0n) is 15.1. The third-order valence-corrected chi connectivity index (χ3v) is 3.66. The summed E-state index contributed by atoms with van der Waals surface area (Å²) in [5.74, 6) is 0.422. The summed E-state index contributed by atoms with van der Waals surface area (Å²) in [6.45, 7) is 9.32. The summed E-state index contributed by atoms with van der Waals surface area (Å²) < 4.78 is 13.6. The van der Waals surface area contributed by atoms with Gasteiger partial charge < -0.3 is 16.0 Å². The van der Waals surface area contributed by atoms with Crippen LogP contribution in [0.15, 0.2) is 23.2 Å². The topological polar surface area (TPSA) is 65.5 Å². The number of carbonyl (C=O) groups is 1. The van der Waals surface area contributed by atoms with Crippen LogP contribution in [-0.2, 0) is 11.3 Å². The molecule has 3 N–H and O–H groups in total. The van der Waals surface area contributed by atoms with Crippen LogP contribution in [0.3, 0.4) is 0 Å². The molecule has 0 aliphatic rings. The Bertz CT molecular complexity index is 560. The summed E-state index contributed by atoms with van der Waals surface area (Å²) >= 11 is 0. The Morgan fingerprint density at radius 3 is 2.67 bits per heavy atom. The van der Waals surface area contributed by atoms with Crippen molar-refractivity contribution in [2.45, 2.75) is 53.1 Å². The van der Waals surface area contributed by atoms with Gasteiger partial charge in [-0.25, -0.2) is 9.38 Å². The number of aliphatic imine (C=N–C) groups is 1. The Kier molecular flexibility index (Phi) is 8.83. The van der Waals surface area contributed by atoms with Gasteiger partial charge in [0, 0.05) is 25.6 Å². The van der Waals surface area contributed by atoms with Crippen molar-refractivity contribution in [2.75, 3.05) is 13.1 Å². The van der Waals surface area contributed by atoms with E-state index in [1.807, 2.05) is 26.8 Å². The van der Waals surface area contributed by atoms with Gasteiger partial charge in [-0.2, -0.15) is 0 Å². The second-order valence-corrected chi connectivity index (χ2v) is 5.83. The van der Waals surface area contributed by atoms with Crippen molar-refractivity contribution >= 4 is 11.9 Å². The fourth-order valence-corrected chi connectivity index (χ4v) is 1.99. The smallest absolute Gasteiger partial charge is 0.221 e. The molecule has 5 nitrogen and oxygen atoms in total. The van der Waals surface area contributed by atoms with Crippen molar-refractivity contribution < 1.29 is 9.18 Å². The van der Waals surface area contributed by atoms with Gasteiger partial charge in [-0.1, -0.05) is 19.1 Å². The summed E-state index contributed by atoms with van der Waals surface area (Å²) in [5, 5.41) is 9.17. The van der Waals surface area contributed by atoms with Crippen molar-refractivity contribution in [1.82, 2.24) is 16.0 Å². The minimum absolute atomic E-state index is 0.0216. The number of benzene rings is 1. The van der Waals surface area contributed by atoms with Crippen LogP contribution in [0.4, 0.5) is 4.39 Å². The lowest BCUT2D eigenvalue weighted by Gasteiger charge is -2.13. The molecule has 0 heterocycles. The molecule has 0 spiro atoms. The number of rotatable bonds is 8. The van der Waals surface area contributed by atoms with Crippen LogP contribution >= 0.6 is 0 Å². The molecule has 0 bridgehead atoms.